The smallest absolute Gasteiger partial charge is 0.204 e. The number of furan rings is 1. The van der Waals surface area contributed by atoms with Crippen molar-refractivity contribution >= 4 is 11.6 Å². The minimum Gasteiger partial charge on any atom is -0.452 e. The molecule has 0 aliphatic heterocycles. The fourth-order valence-electron chi connectivity index (χ4n) is 1.60. The van der Waals surface area contributed by atoms with Crippen molar-refractivity contribution in [3.63, 3.8) is 0 Å². The van der Waals surface area contributed by atoms with E-state index in [4.69, 9.17) is 20.4 Å². The molecule has 3 rings (SSSR count). The molecule has 0 radical (unpaired) electrons. The maximum atomic E-state index is 5.90. The summed E-state index contributed by atoms with van der Waals surface area (Å²) in [6.07, 6.45) is 5.47. The molecule has 1 aliphatic carbocycles. The summed E-state index contributed by atoms with van der Waals surface area (Å²) in [6, 6.07) is 2.42. The maximum Gasteiger partial charge on any atom is 0.204 e. The Morgan fingerprint density at radius 2 is 2.31 bits per heavy atom. The molecule has 1 fully saturated rings. The summed E-state index contributed by atoms with van der Waals surface area (Å²) >= 11 is 5.90. The first kappa shape index (κ1) is 9.93. The Kier molecular flexibility index (Phi) is 2.46. The zero-order valence-electron chi connectivity index (χ0n) is 8.57. The first-order valence-electron chi connectivity index (χ1n) is 5.23. The van der Waals surface area contributed by atoms with Crippen molar-refractivity contribution in [1.29, 1.82) is 0 Å². The topological polar surface area (TPSA) is 51.2 Å². The Bertz CT molecular complexity index is 488. The van der Waals surface area contributed by atoms with Gasteiger partial charge in [-0.15, -0.1) is 0 Å². The first-order chi connectivity index (χ1) is 7.84. The first-order valence-corrected chi connectivity index (χ1v) is 5.61. The van der Waals surface area contributed by atoms with Gasteiger partial charge in [0.2, 0.25) is 5.22 Å². The number of halogens is 1. The molecule has 0 spiro atoms. The highest BCUT2D eigenvalue weighted by atomic mass is 35.5. The molecule has 2 aromatic rings. The Morgan fingerprint density at radius 3 is 3.00 bits per heavy atom. The van der Waals surface area contributed by atoms with Gasteiger partial charge in [-0.05, 0) is 30.5 Å². The van der Waals surface area contributed by atoms with E-state index < -0.39 is 0 Å². The van der Waals surface area contributed by atoms with Crippen LogP contribution in [0, 0.1) is 0 Å². The van der Waals surface area contributed by atoms with Crippen LogP contribution in [0.25, 0.3) is 11.3 Å². The largest absolute Gasteiger partial charge is 0.452 e. The molecule has 0 unspecified atom stereocenters. The van der Waals surface area contributed by atoms with E-state index >= 15 is 0 Å². The van der Waals surface area contributed by atoms with Gasteiger partial charge in [0.1, 0.15) is 5.69 Å². The lowest BCUT2D eigenvalue weighted by atomic mass is 10.2. The molecule has 0 saturated heterocycles. The van der Waals surface area contributed by atoms with E-state index in [-0.39, 0.29) is 0 Å². The van der Waals surface area contributed by atoms with Crippen LogP contribution in [0.4, 0.5) is 0 Å². The van der Waals surface area contributed by atoms with E-state index in [1.165, 1.54) is 25.5 Å². The van der Waals surface area contributed by atoms with E-state index in [2.05, 4.69) is 10.3 Å². The molecule has 2 heterocycles. The van der Waals surface area contributed by atoms with Gasteiger partial charge in [0, 0.05) is 12.6 Å². The lowest BCUT2D eigenvalue weighted by Gasteiger charge is -2.00. The summed E-state index contributed by atoms with van der Waals surface area (Å²) in [7, 11) is 0. The summed E-state index contributed by atoms with van der Waals surface area (Å²) in [4.78, 5) is 4.18. The minimum absolute atomic E-state index is 0.337. The Hall–Kier alpha value is -1.26. The Labute approximate surface area is 97.6 Å². The SMILES string of the molecule is Clc1occc1-c1ocnc1CNC1CC1. The highest BCUT2D eigenvalue weighted by Gasteiger charge is 2.22. The van der Waals surface area contributed by atoms with E-state index in [1.54, 1.807) is 6.07 Å². The van der Waals surface area contributed by atoms with Gasteiger partial charge >= 0.3 is 0 Å². The second-order valence-electron chi connectivity index (χ2n) is 3.89. The fourth-order valence-corrected chi connectivity index (χ4v) is 1.80. The van der Waals surface area contributed by atoms with Crippen molar-refractivity contribution in [1.82, 2.24) is 10.3 Å². The van der Waals surface area contributed by atoms with Crippen LogP contribution in [0.5, 0.6) is 0 Å². The van der Waals surface area contributed by atoms with Crippen molar-refractivity contribution in [2.75, 3.05) is 0 Å². The lowest BCUT2D eigenvalue weighted by molar-refractivity contribution is 0.557. The molecule has 1 saturated carbocycles. The van der Waals surface area contributed by atoms with Gasteiger partial charge in [0.25, 0.3) is 0 Å². The number of nitrogens with zero attached hydrogens (tertiary/aromatic N) is 1. The van der Waals surface area contributed by atoms with Gasteiger partial charge < -0.3 is 14.2 Å². The fraction of sp³-hybridized carbons (Fsp3) is 0.364. The molecule has 84 valence electrons. The minimum atomic E-state index is 0.337. The number of nitrogens with one attached hydrogen (secondary N) is 1. The second-order valence-corrected chi connectivity index (χ2v) is 4.23. The maximum absolute atomic E-state index is 5.90. The van der Waals surface area contributed by atoms with Gasteiger partial charge in [0.05, 0.1) is 11.8 Å². The van der Waals surface area contributed by atoms with Gasteiger partial charge in [-0.2, -0.15) is 0 Å². The Balaban J connectivity index is 1.83. The van der Waals surface area contributed by atoms with Crippen LogP contribution in [0.15, 0.2) is 27.6 Å². The van der Waals surface area contributed by atoms with E-state index in [9.17, 15) is 0 Å². The molecule has 0 amide bonds. The summed E-state index contributed by atoms with van der Waals surface area (Å²) in [5.41, 5.74) is 1.63. The van der Waals surface area contributed by atoms with E-state index in [1.807, 2.05) is 0 Å². The van der Waals surface area contributed by atoms with Crippen LogP contribution < -0.4 is 5.32 Å². The van der Waals surface area contributed by atoms with Crippen LogP contribution >= 0.6 is 11.6 Å². The molecule has 4 nitrogen and oxygen atoms in total. The molecule has 2 aromatic heterocycles. The van der Waals surface area contributed by atoms with Gasteiger partial charge in [-0.1, -0.05) is 0 Å². The van der Waals surface area contributed by atoms with Gasteiger partial charge in [0.15, 0.2) is 12.2 Å². The summed E-state index contributed by atoms with van der Waals surface area (Å²) in [5, 5.41) is 3.72. The predicted molar refractivity (Wildman–Crippen MR) is 59.1 cm³/mol. The van der Waals surface area contributed by atoms with Crippen LogP contribution in [-0.2, 0) is 6.54 Å². The summed E-state index contributed by atoms with van der Waals surface area (Å²) < 4.78 is 10.4. The number of rotatable bonds is 4. The zero-order chi connectivity index (χ0) is 11.0. The predicted octanol–water partition coefficient (Wildman–Crippen LogP) is 2.84. The third-order valence-electron chi connectivity index (χ3n) is 2.64. The molecule has 1 aliphatic rings. The normalized spacial score (nSPS) is 15.6. The highest BCUT2D eigenvalue weighted by Crippen LogP contribution is 2.31. The third-order valence-corrected chi connectivity index (χ3v) is 2.93. The van der Waals surface area contributed by atoms with Crippen molar-refractivity contribution in [2.45, 2.75) is 25.4 Å². The lowest BCUT2D eigenvalue weighted by Crippen LogP contribution is -2.15. The molecular weight excluding hydrogens is 228 g/mol. The standard InChI is InChI=1S/C11H11ClN2O2/c12-11-8(3-4-15-11)10-9(14-6-16-10)5-13-7-1-2-7/h3-4,6-7,13H,1-2,5H2. The summed E-state index contributed by atoms with van der Waals surface area (Å²) in [6.45, 7) is 0.706. The van der Waals surface area contributed by atoms with Crippen LogP contribution in [0.3, 0.4) is 0 Å². The molecule has 0 aromatic carbocycles. The third kappa shape index (κ3) is 1.86. The van der Waals surface area contributed by atoms with Crippen molar-refractivity contribution in [3.05, 3.63) is 29.6 Å². The number of aromatic nitrogens is 1. The zero-order valence-corrected chi connectivity index (χ0v) is 9.33. The van der Waals surface area contributed by atoms with E-state index in [0.29, 0.717) is 23.6 Å². The van der Waals surface area contributed by atoms with E-state index in [0.717, 1.165) is 11.3 Å². The van der Waals surface area contributed by atoms with Crippen LogP contribution in [-0.4, -0.2) is 11.0 Å². The number of hydrogen-bond acceptors (Lipinski definition) is 4. The van der Waals surface area contributed by atoms with Crippen molar-refractivity contribution in [2.24, 2.45) is 0 Å². The average molecular weight is 239 g/mol. The monoisotopic (exact) mass is 238 g/mol. The second kappa shape index (κ2) is 3.96. The quantitative estimate of drug-likeness (QED) is 0.890. The van der Waals surface area contributed by atoms with Gasteiger partial charge in [-0.3, -0.25) is 0 Å². The molecule has 16 heavy (non-hydrogen) atoms. The van der Waals surface area contributed by atoms with Crippen molar-refractivity contribution in [3.8, 4) is 11.3 Å². The number of hydrogen-bond donors (Lipinski definition) is 1. The average Bonchev–Trinajstić information content (AvgIpc) is 2.83. The molecule has 0 bridgehead atoms. The van der Waals surface area contributed by atoms with Crippen LogP contribution in [0.2, 0.25) is 5.22 Å². The summed E-state index contributed by atoms with van der Waals surface area (Å²) in [5.74, 6) is 0.687. The van der Waals surface area contributed by atoms with Crippen LogP contribution in [0.1, 0.15) is 18.5 Å². The Morgan fingerprint density at radius 1 is 1.44 bits per heavy atom. The highest BCUT2D eigenvalue weighted by molar-refractivity contribution is 6.31. The molecule has 0 atom stereocenters. The molecule has 5 heteroatoms. The van der Waals surface area contributed by atoms with Crippen molar-refractivity contribution < 1.29 is 8.83 Å². The molecule has 1 N–H and O–H groups in total. The van der Waals surface area contributed by atoms with Gasteiger partial charge in [-0.25, -0.2) is 4.98 Å². The molecular formula is C11H11ClN2O2. The number of oxazole rings is 1.